The summed E-state index contributed by atoms with van der Waals surface area (Å²) < 4.78 is 77.5. The molecular formula is C21H19ClF5N3O2. The van der Waals surface area contributed by atoms with Gasteiger partial charge in [0.2, 0.25) is 5.95 Å². The first-order chi connectivity index (χ1) is 15.1. The smallest absolute Gasteiger partial charge is 0.419 e. The molecule has 0 N–H and O–H groups in total. The molecule has 2 heterocycles. The summed E-state index contributed by atoms with van der Waals surface area (Å²) in [6, 6.07) is 7.74. The quantitative estimate of drug-likeness (QED) is 0.401. The molecule has 3 aromatic rings. The third kappa shape index (κ3) is 3.97. The lowest BCUT2D eigenvalue weighted by Gasteiger charge is -2.31. The Labute approximate surface area is 185 Å². The van der Waals surface area contributed by atoms with Gasteiger partial charge >= 0.3 is 12.8 Å². The van der Waals surface area contributed by atoms with Gasteiger partial charge < -0.3 is 18.9 Å². The van der Waals surface area contributed by atoms with Gasteiger partial charge in [-0.05, 0) is 43.2 Å². The fraction of sp³-hybridized carbons (Fsp3) is 0.381. The molecule has 0 radical (unpaired) electrons. The topological polar surface area (TPSA) is 39.5 Å². The molecule has 172 valence electrons. The van der Waals surface area contributed by atoms with E-state index in [4.69, 9.17) is 16.3 Å². The van der Waals surface area contributed by atoms with Crippen molar-refractivity contribution in [3.8, 4) is 5.75 Å². The van der Waals surface area contributed by atoms with Crippen molar-refractivity contribution in [2.24, 2.45) is 0 Å². The van der Waals surface area contributed by atoms with E-state index >= 15 is 0 Å². The second-order valence-electron chi connectivity index (χ2n) is 7.37. The van der Waals surface area contributed by atoms with Crippen molar-refractivity contribution in [1.82, 2.24) is 9.55 Å². The molecule has 1 aliphatic heterocycles. The summed E-state index contributed by atoms with van der Waals surface area (Å²) in [5.74, 6) is 1.05. The first-order valence-electron chi connectivity index (χ1n) is 9.73. The summed E-state index contributed by atoms with van der Waals surface area (Å²) in [6.45, 7) is -0.799. The number of rotatable bonds is 5. The minimum absolute atomic E-state index is 0.0336. The molecular weight excluding hydrogens is 457 g/mol. The fourth-order valence-corrected chi connectivity index (χ4v) is 4.25. The molecule has 0 aliphatic carbocycles. The molecule has 4 rings (SSSR count). The molecule has 2 aromatic carbocycles. The summed E-state index contributed by atoms with van der Waals surface area (Å²) in [6.07, 6.45) is -7.27. The van der Waals surface area contributed by atoms with Crippen LogP contribution >= 0.6 is 11.6 Å². The van der Waals surface area contributed by atoms with Crippen LogP contribution in [-0.4, -0.2) is 36.0 Å². The van der Waals surface area contributed by atoms with Crippen LogP contribution in [0.2, 0.25) is 5.02 Å². The lowest BCUT2D eigenvalue weighted by Crippen LogP contribution is -2.29. The fourth-order valence-electron chi connectivity index (χ4n) is 4.05. The van der Waals surface area contributed by atoms with Crippen LogP contribution in [0.5, 0.6) is 5.75 Å². The lowest BCUT2D eigenvalue weighted by atomic mass is 10.1. The summed E-state index contributed by atoms with van der Waals surface area (Å²) >= 11 is 6.26. The molecule has 0 amide bonds. The third-order valence-electron chi connectivity index (χ3n) is 5.37. The zero-order valence-electron chi connectivity index (χ0n) is 17.1. The third-order valence-corrected chi connectivity index (χ3v) is 5.68. The Morgan fingerprint density at radius 2 is 1.88 bits per heavy atom. The SMILES string of the molecule is COc1ccc(N2CCCn3c2nc2c(Cl)ccc(C(OC(F)F)C(F)(F)F)c23)c(C)c1. The summed E-state index contributed by atoms with van der Waals surface area (Å²) in [4.78, 5) is 6.38. The van der Waals surface area contributed by atoms with Gasteiger partial charge in [-0.25, -0.2) is 4.98 Å². The molecule has 11 heteroatoms. The van der Waals surface area contributed by atoms with E-state index in [-0.39, 0.29) is 16.1 Å². The van der Waals surface area contributed by atoms with Gasteiger partial charge in [0.05, 0.1) is 17.6 Å². The Morgan fingerprint density at radius 3 is 2.50 bits per heavy atom. The highest BCUT2D eigenvalue weighted by atomic mass is 35.5. The van der Waals surface area contributed by atoms with E-state index in [0.29, 0.717) is 31.2 Å². The highest BCUT2D eigenvalue weighted by molar-refractivity contribution is 6.35. The maximum Gasteiger partial charge on any atom is 0.419 e. The number of aromatic nitrogens is 2. The predicted octanol–water partition coefficient (Wildman–Crippen LogP) is 6.39. The first kappa shape index (κ1) is 22.6. The molecule has 0 saturated carbocycles. The number of hydrogen-bond acceptors (Lipinski definition) is 4. The molecule has 0 bridgehead atoms. The Kier molecular flexibility index (Phi) is 5.93. The van der Waals surface area contributed by atoms with Crippen molar-refractivity contribution in [2.45, 2.75) is 38.8 Å². The largest absolute Gasteiger partial charge is 0.497 e. The van der Waals surface area contributed by atoms with Crippen molar-refractivity contribution in [1.29, 1.82) is 0 Å². The number of nitrogens with zero attached hydrogens (tertiary/aromatic N) is 3. The number of aryl methyl sites for hydroxylation is 2. The van der Waals surface area contributed by atoms with Crippen LogP contribution in [0.1, 0.15) is 23.7 Å². The normalized spacial score (nSPS) is 15.3. The second kappa shape index (κ2) is 8.40. The predicted molar refractivity (Wildman–Crippen MR) is 110 cm³/mol. The zero-order chi connectivity index (χ0) is 23.2. The number of benzene rings is 2. The average molecular weight is 476 g/mol. The first-order valence-corrected chi connectivity index (χ1v) is 10.1. The van der Waals surface area contributed by atoms with Crippen LogP contribution in [-0.2, 0) is 11.3 Å². The molecule has 0 saturated heterocycles. The van der Waals surface area contributed by atoms with E-state index in [1.807, 2.05) is 24.0 Å². The number of ether oxygens (including phenoxy) is 2. The Morgan fingerprint density at radius 1 is 1.12 bits per heavy atom. The maximum atomic E-state index is 13.7. The van der Waals surface area contributed by atoms with E-state index in [0.717, 1.165) is 17.3 Å². The minimum Gasteiger partial charge on any atom is -0.497 e. The molecule has 0 fully saturated rings. The van der Waals surface area contributed by atoms with E-state index in [2.05, 4.69) is 9.72 Å². The van der Waals surface area contributed by atoms with Crippen LogP contribution < -0.4 is 9.64 Å². The Balaban J connectivity index is 1.91. The highest BCUT2D eigenvalue weighted by Gasteiger charge is 2.45. The van der Waals surface area contributed by atoms with Gasteiger partial charge in [-0.3, -0.25) is 0 Å². The number of hydrogen-bond donors (Lipinski definition) is 0. The molecule has 32 heavy (non-hydrogen) atoms. The van der Waals surface area contributed by atoms with Crippen molar-refractivity contribution in [3.05, 3.63) is 46.5 Å². The summed E-state index contributed by atoms with van der Waals surface area (Å²) in [7, 11) is 1.55. The van der Waals surface area contributed by atoms with Crippen LogP contribution in [0.25, 0.3) is 11.0 Å². The molecule has 1 aromatic heterocycles. The van der Waals surface area contributed by atoms with E-state index in [9.17, 15) is 22.0 Å². The summed E-state index contributed by atoms with van der Waals surface area (Å²) in [5.41, 5.74) is 1.36. The van der Waals surface area contributed by atoms with Crippen molar-refractivity contribution >= 4 is 34.3 Å². The molecule has 1 atom stereocenters. The van der Waals surface area contributed by atoms with Crippen molar-refractivity contribution in [2.75, 3.05) is 18.6 Å². The monoisotopic (exact) mass is 475 g/mol. The average Bonchev–Trinajstić information content (AvgIpc) is 3.13. The molecule has 0 spiro atoms. The van der Waals surface area contributed by atoms with Gasteiger partial charge in [0.25, 0.3) is 0 Å². The maximum absolute atomic E-state index is 13.7. The Hall–Kier alpha value is -2.59. The number of alkyl halides is 5. The Bertz CT molecular complexity index is 1150. The zero-order valence-corrected chi connectivity index (χ0v) is 17.8. The molecule has 5 nitrogen and oxygen atoms in total. The number of fused-ring (bicyclic) bond motifs is 3. The number of anilines is 2. The summed E-state index contributed by atoms with van der Waals surface area (Å²) in [5, 5.41) is 0.120. The highest BCUT2D eigenvalue weighted by Crippen LogP contribution is 2.44. The van der Waals surface area contributed by atoms with Crippen LogP contribution in [0.15, 0.2) is 30.3 Å². The van der Waals surface area contributed by atoms with E-state index < -0.39 is 24.5 Å². The standard InChI is InChI=1S/C21H19ClF5N3O2/c1-11-10-12(31-2)4-7-15(11)29-8-3-9-30-17-13(18(21(25,26)27)32-19(23)24)5-6-14(22)16(17)28-20(29)30/h4-7,10,18-19H,3,8-9H2,1-2H3. The van der Waals surface area contributed by atoms with Gasteiger partial charge in [0.1, 0.15) is 11.3 Å². The number of imidazole rings is 1. The van der Waals surface area contributed by atoms with Crippen molar-refractivity contribution < 1.29 is 31.4 Å². The van der Waals surface area contributed by atoms with Crippen LogP contribution in [0, 0.1) is 6.92 Å². The number of halogens is 6. The van der Waals surface area contributed by atoms with E-state index in [1.54, 1.807) is 17.7 Å². The lowest BCUT2D eigenvalue weighted by molar-refractivity contribution is -0.276. The van der Waals surface area contributed by atoms with Crippen molar-refractivity contribution in [3.63, 3.8) is 0 Å². The second-order valence-corrected chi connectivity index (χ2v) is 7.78. The molecule has 1 aliphatic rings. The van der Waals surface area contributed by atoms with Gasteiger partial charge in [-0.2, -0.15) is 22.0 Å². The number of methoxy groups -OCH3 is 1. The van der Waals surface area contributed by atoms with Crippen LogP contribution in [0.3, 0.4) is 0 Å². The van der Waals surface area contributed by atoms with Gasteiger partial charge in [-0.15, -0.1) is 0 Å². The van der Waals surface area contributed by atoms with Gasteiger partial charge in [0.15, 0.2) is 6.10 Å². The van der Waals surface area contributed by atoms with Gasteiger partial charge in [0, 0.05) is 24.3 Å². The van der Waals surface area contributed by atoms with Crippen LogP contribution in [0.4, 0.5) is 33.6 Å². The minimum atomic E-state index is -5.05. The van der Waals surface area contributed by atoms with Gasteiger partial charge in [-0.1, -0.05) is 17.7 Å². The molecule has 1 unspecified atom stereocenters. The van der Waals surface area contributed by atoms with E-state index in [1.165, 1.54) is 6.07 Å².